The van der Waals surface area contributed by atoms with E-state index in [2.05, 4.69) is 41.1 Å². The second-order valence-electron chi connectivity index (χ2n) is 8.80. The molecule has 7 nitrogen and oxygen atoms in total. The summed E-state index contributed by atoms with van der Waals surface area (Å²) in [6.45, 7) is 8.08. The molecule has 2 heterocycles. The van der Waals surface area contributed by atoms with Gasteiger partial charge in [-0.2, -0.15) is 5.10 Å². The summed E-state index contributed by atoms with van der Waals surface area (Å²) < 4.78 is 11.1. The Morgan fingerprint density at radius 3 is 2.27 bits per heavy atom. The van der Waals surface area contributed by atoms with Crippen LogP contribution in [0.3, 0.4) is 0 Å². The van der Waals surface area contributed by atoms with Gasteiger partial charge in [-0.15, -0.1) is 0 Å². The number of methoxy groups -OCH3 is 2. The van der Waals surface area contributed by atoms with E-state index in [0.717, 1.165) is 48.6 Å². The molecule has 0 aliphatic carbocycles. The van der Waals surface area contributed by atoms with E-state index < -0.39 is 0 Å². The number of hydrazone groups is 1. The highest BCUT2D eigenvalue weighted by Gasteiger charge is 2.28. The van der Waals surface area contributed by atoms with Crippen molar-refractivity contribution in [3.63, 3.8) is 0 Å². The zero-order valence-corrected chi connectivity index (χ0v) is 20.3. The van der Waals surface area contributed by atoms with Gasteiger partial charge in [0.15, 0.2) is 11.5 Å². The van der Waals surface area contributed by atoms with Crippen LogP contribution in [-0.2, 0) is 11.2 Å². The molecule has 0 radical (unpaired) electrons. The molecule has 2 aromatic rings. The van der Waals surface area contributed by atoms with Gasteiger partial charge < -0.3 is 19.3 Å². The van der Waals surface area contributed by atoms with Crippen molar-refractivity contribution in [2.24, 2.45) is 5.10 Å². The van der Waals surface area contributed by atoms with E-state index in [0.29, 0.717) is 24.3 Å². The number of amides is 1. The normalized spacial score (nSPS) is 18.9. The van der Waals surface area contributed by atoms with Crippen LogP contribution in [0.4, 0.5) is 5.69 Å². The van der Waals surface area contributed by atoms with Crippen molar-refractivity contribution in [3.8, 4) is 11.5 Å². The SMILES string of the molecule is CCC(=O)N1N=C(c2ccc(N3CCN(C)CC3)cc2)c2cc(OC)c(OC)cc2CC1C. The highest BCUT2D eigenvalue weighted by molar-refractivity contribution is 6.14. The summed E-state index contributed by atoms with van der Waals surface area (Å²) in [7, 11) is 5.44. The van der Waals surface area contributed by atoms with Crippen molar-refractivity contribution in [1.29, 1.82) is 0 Å². The van der Waals surface area contributed by atoms with Gasteiger partial charge in [-0.3, -0.25) is 4.79 Å². The van der Waals surface area contributed by atoms with Gasteiger partial charge in [0, 0.05) is 49.4 Å². The molecule has 1 amide bonds. The molecule has 1 saturated heterocycles. The molecule has 4 rings (SSSR count). The number of hydrogen-bond acceptors (Lipinski definition) is 6. The average molecular weight is 451 g/mol. The van der Waals surface area contributed by atoms with Gasteiger partial charge in [0.2, 0.25) is 5.91 Å². The highest BCUT2D eigenvalue weighted by atomic mass is 16.5. The van der Waals surface area contributed by atoms with Crippen LogP contribution in [0, 0.1) is 0 Å². The number of anilines is 1. The number of nitrogens with zero attached hydrogens (tertiary/aromatic N) is 4. The monoisotopic (exact) mass is 450 g/mol. The van der Waals surface area contributed by atoms with E-state index in [1.165, 1.54) is 5.69 Å². The first-order valence-electron chi connectivity index (χ1n) is 11.6. The van der Waals surface area contributed by atoms with Gasteiger partial charge in [0.25, 0.3) is 0 Å². The minimum absolute atomic E-state index is 0.0146. The first kappa shape index (κ1) is 23.1. The zero-order chi connectivity index (χ0) is 23.5. The van der Waals surface area contributed by atoms with Crippen molar-refractivity contribution < 1.29 is 14.3 Å². The van der Waals surface area contributed by atoms with Crippen molar-refractivity contribution in [3.05, 3.63) is 53.1 Å². The van der Waals surface area contributed by atoms with Crippen LogP contribution in [0.1, 0.15) is 37.0 Å². The third-order valence-corrected chi connectivity index (χ3v) is 6.57. The van der Waals surface area contributed by atoms with Crippen LogP contribution < -0.4 is 14.4 Å². The van der Waals surface area contributed by atoms with Gasteiger partial charge in [0.1, 0.15) is 0 Å². The average Bonchev–Trinajstić information content (AvgIpc) is 2.98. The second-order valence-corrected chi connectivity index (χ2v) is 8.80. The molecule has 2 aliphatic heterocycles. The number of benzene rings is 2. The number of carbonyl (C=O) groups is 1. The lowest BCUT2D eigenvalue weighted by Gasteiger charge is -2.34. The van der Waals surface area contributed by atoms with Gasteiger partial charge in [0.05, 0.1) is 26.0 Å². The van der Waals surface area contributed by atoms with E-state index in [9.17, 15) is 4.79 Å². The topological polar surface area (TPSA) is 57.6 Å². The Hall–Kier alpha value is -3.06. The molecule has 0 N–H and O–H groups in total. The van der Waals surface area contributed by atoms with Crippen molar-refractivity contribution in [2.45, 2.75) is 32.7 Å². The number of rotatable bonds is 5. The molecule has 1 fully saturated rings. The van der Waals surface area contributed by atoms with Crippen molar-refractivity contribution >= 4 is 17.3 Å². The Balaban J connectivity index is 1.77. The summed E-state index contributed by atoms with van der Waals surface area (Å²) in [5.41, 5.74) is 5.03. The predicted octanol–water partition coefficient (Wildman–Crippen LogP) is 3.39. The van der Waals surface area contributed by atoms with Crippen LogP contribution in [0.5, 0.6) is 11.5 Å². The van der Waals surface area contributed by atoms with Gasteiger partial charge >= 0.3 is 0 Å². The van der Waals surface area contributed by atoms with Crippen LogP contribution in [0.15, 0.2) is 41.5 Å². The number of hydrogen-bond donors (Lipinski definition) is 0. The third kappa shape index (κ3) is 4.69. The Morgan fingerprint density at radius 1 is 1.03 bits per heavy atom. The summed E-state index contributed by atoms with van der Waals surface area (Å²) in [6.07, 6.45) is 1.10. The standard InChI is InChI=1S/C26H34N4O3/c1-6-25(31)30-18(2)15-20-16-23(32-4)24(33-5)17-22(20)26(27-30)19-7-9-21(10-8-19)29-13-11-28(3)12-14-29/h7-10,16-18H,6,11-15H2,1-5H3. The Labute approximate surface area is 196 Å². The van der Waals surface area contributed by atoms with Gasteiger partial charge in [-0.05, 0) is 50.2 Å². The lowest BCUT2D eigenvalue weighted by Crippen LogP contribution is -2.44. The molecule has 1 atom stereocenters. The fourth-order valence-corrected chi connectivity index (χ4v) is 4.55. The maximum atomic E-state index is 12.8. The number of likely N-dealkylation sites (N-methyl/N-ethyl adjacent to an activating group) is 1. The van der Waals surface area contributed by atoms with Crippen molar-refractivity contribution in [1.82, 2.24) is 9.91 Å². The number of fused-ring (bicyclic) bond motifs is 1. The molecule has 33 heavy (non-hydrogen) atoms. The third-order valence-electron chi connectivity index (χ3n) is 6.57. The molecule has 7 heteroatoms. The molecule has 176 valence electrons. The lowest BCUT2D eigenvalue weighted by atomic mass is 9.94. The first-order valence-corrected chi connectivity index (χ1v) is 11.6. The predicted molar refractivity (Wildman–Crippen MR) is 132 cm³/mol. The smallest absolute Gasteiger partial charge is 0.242 e. The van der Waals surface area contributed by atoms with Crippen LogP contribution in [0.25, 0.3) is 0 Å². The molecular weight excluding hydrogens is 416 g/mol. The van der Waals surface area contributed by atoms with E-state index in [1.54, 1.807) is 19.2 Å². The number of piperazine rings is 1. The van der Waals surface area contributed by atoms with Crippen molar-refractivity contribution in [2.75, 3.05) is 52.3 Å². The van der Waals surface area contributed by atoms with Gasteiger partial charge in [-0.25, -0.2) is 5.01 Å². The molecule has 1 unspecified atom stereocenters. The summed E-state index contributed by atoms with van der Waals surface area (Å²) in [6, 6.07) is 12.5. The lowest BCUT2D eigenvalue weighted by molar-refractivity contribution is -0.132. The van der Waals surface area contributed by atoms with Crippen LogP contribution >= 0.6 is 0 Å². The van der Waals surface area contributed by atoms with E-state index in [-0.39, 0.29) is 11.9 Å². The molecule has 0 saturated carbocycles. The minimum atomic E-state index is -0.0589. The highest BCUT2D eigenvalue weighted by Crippen LogP contribution is 2.35. The van der Waals surface area contributed by atoms with E-state index in [1.807, 2.05) is 26.0 Å². The summed E-state index contributed by atoms with van der Waals surface area (Å²) in [5.74, 6) is 1.35. The first-order chi connectivity index (χ1) is 15.9. The second kappa shape index (κ2) is 9.83. The van der Waals surface area contributed by atoms with Crippen LogP contribution in [0.2, 0.25) is 0 Å². The number of ether oxygens (including phenoxy) is 2. The van der Waals surface area contributed by atoms with Crippen LogP contribution in [-0.4, -0.2) is 75.0 Å². The molecular formula is C26H34N4O3. The molecule has 2 aromatic carbocycles. The van der Waals surface area contributed by atoms with E-state index >= 15 is 0 Å². The fourth-order valence-electron chi connectivity index (χ4n) is 4.55. The molecule has 0 aromatic heterocycles. The molecule has 0 spiro atoms. The molecule has 2 aliphatic rings. The Kier molecular flexibility index (Phi) is 6.88. The maximum absolute atomic E-state index is 12.8. The summed E-state index contributed by atoms with van der Waals surface area (Å²) >= 11 is 0. The van der Waals surface area contributed by atoms with E-state index in [4.69, 9.17) is 14.6 Å². The Morgan fingerprint density at radius 2 is 1.67 bits per heavy atom. The fraction of sp³-hybridized carbons (Fsp3) is 0.462. The van der Waals surface area contributed by atoms with Gasteiger partial charge in [-0.1, -0.05) is 19.1 Å². The quantitative estimate of drug-likeness (QED) is 0.699. The number of carbonyl (C=O) groups excluding carboxylic acids is 1. The summed E-state index contributed by atoms with van der Waals surface area (Å²) in [4.78, 5) is 17.5. The largest absolute Gasteiger partial charge is 0.493 e. The Bertz CT molecular complexity index is 1030. The minimum Gasteiger partial charge on any atom is -0.493 e. The summed E-state index contributed by atoms with van der Waals surface area (Å²) in [5, 5.41) is 6.55. The zero-order valence-electron chi connectivity index (χ0n) is 20.3. The molecule has 0 bridgehead atoms. The maximum Gasteiger partial charge on any atom is 0.242 e.